The molecule has 1 aromatic carbocycles. The summed E-state index contributed by atoms with van der Waals surface area (Å²) in [5, 5.41) is 3.41. The second-order valence-electron chi connectivity index (χ2n) is 5.61. The molecule has 0 spiro atoms. The molecule has 0 saturated carbocycles. The van der Waals surface area contributed by atoms with E-state index in [0.717, 1.165) is 16.6 Å². The molecule has 0 bridgehead atoms. The standard InChI is InChI=1S/C17H17N5O2/c1-10-8-12(11-6-4-5-7-13(11)20-10)16(23)21-14-15(22(2)3)18-9-19-17(14)24/h4-9H,1-3H3,(H,21,23)(H,18,19,24). The van der Waals surface area contributed by atoms with Crippen LogP contribution >= 0.6 is 0 Å². The quantitative estimate of drug-likeness (QED) is 0.769. The van der Waals surface area contributed by atoms with Crippen molar-refractivity contribution in [3.8, 4) is 0 Å². The van der Waals surface area contributed by atoms with Crippen LogP contribution in [0.5, 0.6) is 0 Å². The molecule has 7 nitrogen and oxygen atoms in total. The lowest BCUT2D eigenvalue weighted by Crippen LogP contribution is -2.25. The molecule has 2 N–H and O–H groups in total. The summed E-state index contributed by atoms with van der Waals surface area (Å²) in [5.74, 6) is 0.0143. The van der Waals surface area contributed by atoms with E-state index in [1.165, 1.54) is 6.33 Å². The second kappa shape index (κ2) is 6.11. The highest BCUT2D eigenvalue weighted by molar-refractivity contribution is 6.13. The number of para-hydroxylation sites is 1. The van der Waals surface area contributed by atoms with E-state index in [1.54, 1.807) is 25.1 Å². The molecule has 0 atom stereocenters. The third-order valence-electron chi connectivity index (χ3n) is 3.58. The number of fused-ring (bicyclic) bond motifs is 1. The summed E-state index contributed by atoms with van der Waals surface area (Å²) in [5.41, 5.74) is 1.64. The smallest absolute Gasteiger partial charge is 0.276 e. The first-order valence-electron chi connectivity index (χ1n) is 7.40. The van der Waals surface area contributed by atoms with E-state index in [0.29, 0.717) is 11.4 Å². The summed E-state index contributed by atoms with van der Waals surface area (Å²) in [6.45, 7) is 1.82. The van der Waals surface area contributed by atoms with Gasteiger partial charge in [0.05, 0.1) is 17.4 Å². The van der Waals surface area contributed by atoms with Gasteiger partial charge in [-0.15, -0.1) is 0 Å². The van der Waals surface area contributed by atoms with Crippen molar-refractivity contribution in [1.29, 1.82) is 0 Å². The summed E-state index contributed by atoms with van der Waals surface area (Å²) in [6, 6.07) is 9.10. The molecule has 122 valence electrons. The van der Waals surface area contributed by atoms with Crippen LogP contribution in [0.25, 0.3) is 10.9 Å². The zero-order valence-corrected chi connectivity index (χ0v) is 13.6. The zero-order valence-electron chi connectivity index (χ0n) is 13.6. The number of benzene rings is 1. The number of aromatic amines is 1. The molecule has 2 aromatic heterocycles. The lowest BCUT2D eigenvalue weighted by atomic mass is 10.1. The van der Waals surface area contributed by atoms with Gasteiger partial charge in [-0.3, -0.25) is 14.6 Å². The molecule has 0 fully saturated rings. The Hall–Kier alpha value is -3.22. The molecule has 7 heteroatoms. The van der Waals surface area contributed by atoms with Gasteiger partial charge in [0.2, 0.25) is 0 Å². The largest absolute Gasteiger partial charge is 0.361 e. The number of pyridine rings is 1. The van der Waals surface area contributed by atoms with Crippen molar-refractivity contribution in [2.24, 2.45) is 0 Å². The number of hydrogen-bond acceptors (Lipinski definition) is 5. The van der Waals surface area contributed by atoms with Gasteiger partial charge < -0.3 is 15.2 Å². The van der Waals surface area contributed by atoms with Gasteiger partial charge in [-0.1, -0.05) is 18.2 Å². The fraction of sp³-hybridized carbons (Fsp3) is 0.176. The minimum absolute atomic E-state index is 0.117. The highest BCUT2D eigenvalue weighted by atomic mass is 16.2. The summed E-state index contributed by atoms with van der Waals surface area (Å²) < 4.78 is 0. The van der Waals surface area contributed by atoms with E-state index in [-0.39, 0.29) is 11.6 Å². The molecular formula is C17H17N5O2. The van der Waals surface area contributed by atoms with Gasteiger partial charge in [0.25, 0.3) is 11.5 Å². The third kappa shape index (κ3) is 2.83. The van der Waals surface area contributed by atoms with Gasteiger partial charge in [0, 0.05) is 25.2 Å². The number of aromatic nitrogens is 3. The molecule has 0 radical (unpaired) electrons. The van der Waals surface area contributed by atoms with Crippen molar-refractivity contribution in [2.75, 3.05) is 24.3 Å². The van der Waals surface area contributed by atoms with E-state index in [1.807, 2.05) is 31.2 Å². The Kier molecular flexibility index (Phi) is 3.99. The van der Waals surface area contributed by atoms with Crippen LogP contribution in [0.3, 0.4) is 0 Å². The van der Waals surface area contributed by atoms with Gasteiger partial charge in [-0.05, 0) is 19.1 Å². The average Bonchev–Trinajstić information content (AvgIpc) is 2.55. The summed E-state index contributed by atoms with van der Waals surface area (Å²) in [7, 11) is 3.51. The minimum Gasteiger partial charge on any atom is -0.361 e. The predicted molar refractivity (Wildman–Crippen MR) is 93.6 cm³/mol. The van der Waals surface area contributed by atoms with Crippen LogP contribution < -0.4 is 15.8 Å². The normalized spacial score (nSPS) is 10.6. The topological polar surface area (TPSA) is 91.0 Å². The number of carbonyl (C=O) groups is 1. The lowest BCUT2D eigenvalue weighted by molar-refractivity contribution is 0.102. The van der Waals surface area contributed by atoms with Gasteiger partial charge in [-0.25, -0.2) is 4.98 Å². The highest BCUT2D eigenvalue weighted by Gasteiger charge is 2.17. The SMILES string of the molecule is Cc1cc(C(=O)Nc2c(N(C)C)nc[nH]c2=O)c2ccccc2n1. The first kappa shape index (κ1) is 15.7. The number of nitrogens with zero attached hydrogens (tertiary/aromatic N) is 3. The second-order valence-corrected chi connectivity index (χ2v) is 5.61. The van der Waals surface area contributed by atoms with Crippen molar-refractivity contribution >= 4 is 28.3 Å². The van der Waals surface area contributed by atoms with Crippen LogP contribution in [0.2, 0.25) is 0 Å². The molecular weight excluding hydrogens is 306 g/mol. The number of rotatable bonds is 3. The minimum atomic E-state index is -0.405. The molecule has 1 amide bonds. The average molecular weight is 323 g/mol. The first-order valence-corrected chi connectivity index (χ1v) is 7.40. The van der Waals surface area contributed by atoms with Gasteiger partial charge in [0.15, 0.2) is 11.5 Å². The summed E-state index contributed by atoms with van der Waals surface area (Å²) in [6.07, 6.45) is 1.30. The lowest BCUT2D eigenvalue weighted by Gasteiger charge is -2.15. The van der Waals surface area contributed by atoms with E-state index >= 15 is 0 Å². The van der Waals surface area contributed by atoms with Crippen LogP contribution in [0, 0.1) is 6.92 Å². The number of H-pyrrole nitrogens is 1. The van der Waals surface area contributed by atoms with E-state index in [9.17, 15) is 9.59 Å². The van der Waals surface area contributed by atoms with Crippen LogP contribution in [0.1, 0.15) is 16.1 Å². The van der Waals surface area contributed by atoms with Crippen LogP contribution in [0.15, 0.2) is 41.5 Å². The molecule has 3 aromatic rings. The van der Waals surface area contributed by atoms with Crippen LogP contribution in [-0.4, -0.2) is 35.0 Å². The Morgan fingerprint density at radius 3 is 2.75 bits per heavy atom. The van der Waals surface area contributed by atoms with E-state index in [2.05, 4.69) is 20.3 Å². The zero-order chi connectivity index (χ0) is 17.3. The molecule has 0 aliphatic heterocycles. The molecule has 0 unspecified atom stereocenters. The maximum Gasteiger partial charge on any atom is 0.276 e. The number of anilines is 2. The Morgan fingerprint density at radius 2 is 2.00 bits per heavy atom. The van der Waals surface area contributed by atoms with Gasteiger partial charge in [0.1, 0.15) is 0 Å². The molecule has 3 rings (SSSR count). The van der Waals surface area contributed by atoms with Crippen LogP contribution in [-0.2, 0) is 0 Å². The maximum atomic E-state index is 12.8. The Morgan fingerprint density at radius 1 is 1.25 bits per heavy atom. The number of carbonyl (C=O) groups excluding carboxylic acids is 1. The summed E-state index contributed by atoms with van der Waals surface area (Å²) >= 11 is 0. The number of hydrogen-bond donors (Lipinski definition) is 2. The van der Waals surface area contributed by atoms with Gasteiger partial charge in [-0.2, -0.15) is 0 Å². The van der Waals surface area contributed by atoms with Crippen molar-refractivity contribution in [2.45, 2.75) is 6.92 Å². The molecule has 0 aliphatic carbocycles. The number of nitrogens with one attached hydrogen (secondary N) is 2. The van der Waals surface area contributed by atoms with Crippen molar-refractivity contribution in [1.82, 2.24) is 15.0 Å². The van der Waals surface area contributed by atoms with E-state index in [4.69, 9.17) is 0 Å². The van der Waals surface area contributed by atoms with Gasteiger partial charge >= 0.3 is 0 Å². The predicted octanol–water partition coefficient (Wildman–Crippen LogP) is 1.94. The molecule has 24 heavy (non-hydrogen) atoms. The third-order valence-corrected chi connectivity index (χ3v) is 3.58. The number of amides is 1. The van der Waals surface area contributed by atoms with Crippen molar-refractivity contribution in [3.05, 3.63) is 58.3 Å². The Labute approximate surface area is 138 Å². The number of aryl methyl sites for hydroxylation is 1. The van der Waals surface area contributed by atoms with Crippen LogP contribution in [0.4, 0.5) is 11.5 Å². The molecule has 0 aliphatic rings. The molecule has 2 heterocycles. The maximum absolute atomic E-state index is 12.8. The fourth-order valence-electron chi connectivity index (χ4n) is 2.52. The fourth-order valence-corrected chi connectivity index (χ4v) is 2.52. The highest BCUT2D eigenvalue weighted by Crippen LogP contribution is 2.21. The van der Waals surface area contributed by atoms with Crippen molar-refractivity contribution < 1.29 is 4.79 Å². The Bertz CT molecular complexity index is 978. The Balaban J connectivity index is 2.08. The first-order chi connectivity index (χ1) is 11.5. The molecule has 0 saturated heterocycles. The van der Waals surface area contributed by atoms with Crippen molar-refractivity contribution in [3.63, 3.8) is 0 Å². The monoisotopic (exact) mass is 323 g/mol. The summed E-state index contributed by atoms with van der Waals surface area (Å²) in [4.78, 5) is 37.5. The van der Waals surface area contributed by atoms with E-state index < -0.39 is 5.56 Å².